The first-order valence-corrected chi connectivity index (χ1v) is 11.2. The molecule has 5 aromatic heterocycles. The summed E-state index contributed by atoms with van der Waals surface area (Å²) >= 11 is 0. The van der Waals surface area contributed by atoms with E-state index >= 15 is 0 Å². The molecule has 6 rings (SSSR count). The zero-order valence-electron chi connectivity index (χ0n) is 19.5. The average molecular weight is 464 g/mol. The lowest BCUT2D eigenvalue weighted by Gasteiger charge is -2.12. The molecule has 0 aliphatic heterocycles. The van der Waals surface area contributed by atoms with Crippen LogP contribution >= 0.6 is 0 Å². The summed E-state index contributed by atoms with van der Waals surface area (Å²) < 4.78 is 14.1. The summed E-state index contributed by atoms with van der Waals surface area (Å²) in [7, 11) is 3.97. The van der Waals surface area contributed by atoms with Gasteiger partial charge < -0.3 is 9.88 Å². The van der Waals surface area contributed by atoms with Crippen LogP contribution in [0.15, 0.2) is 67.3 Å². The van der Waals surface area contributed by atoms with E-state index in [1.807, 2.05) is 56.5 Å². The van der Waals surface area contributed by atoms with Crippen molar-refractivity contribution in [1.82, 2.24) is 30.1 Å². The fourth-order valence-electron chi connectivity index (χ4n) is 4.40. The number of fused-ring (bicyclic) bond motifs is 2. The Kier molecular flexibility index (Phi) is 4.81. The van der Waals surface area contributed by atoms with E-state index in [0.717, 1.165) is 55.7 Å². The van der Waals surface area contributed by atoms with Crippen LogP contribution in [0.25, 0.3) is 55.7 Å². The van der Waals surface area contributed by atoms with Gasteiger partial charge in [-0.2, -0.15) is 5.10 Å². The van der Waals surface area contributed by atoms with Gasteiger partial charge in [-0.15, -0.1) is 0 Å². The fraction of sp³-hybridized carbons (Fsp3) is 0.111. The molecular weight excluding hydrogens is 441 g/mol. The molecule has 5 heterocycles. The number of benzene rings is 1. The van der Waals surface area contributed by atoms with Crippen LogP contribution < -0.4 is 4.90 Å². The highest BCUT2D eigenvalue weighted by Gasteiger charge is 2.16. The lowest BCUT2D eigenvalue weighted by atomic mass is 10.0. The number of nitrogens with one attached hydrogen (secondary N) is 2. The summed E-state index contributed by atoms with van der Waals surface area (Å²) in [6, 6.07) is 13.1. The van der Waals surface area contributed by atoms with Crippen LogP contribution in [-0.4, -0.2) is 44.2 Å². The summed E-state index contributed by atoms with van der Waals surface area (Å²) in [4.78, 5) is 18.8. The van der Waals surface area contributed by atoms with E-state index in [4.69, 9.17) is 0 Å². The first-order valence-electron chi connectivity index (χ1n) is 11.2. The van der Waals surface area contributed by atoms with E-state index in [1.165, 1.54) is 6.07 Å². The minimum absolute atomic E-state index is 0.258. The Labute approximate surface area is 200 Å². The van der Waals surface area contributed by atoms with Gasteiger partial charge >= 0.3 is 0 Å². The fourth-order valence-corrected chi connectivity index (χ4v) is 4.40. The third kappa shape index (κ3) is 3.69. The van der Waals surface area contributed by atoms with Crippen LogP contribution in [0.1, 0.15) is 5.56 Å². The second kappa shape index (κ2) is 8.02. The molecule has 1 aromatic carbocycles. The van der Waals surface area contributed by atoms with Gasteiger partial charge in [0.1, 0.15) is 11.5 Å². The van der Waals surface area contributed by atoms with Crippen LogP contribution in [0, 0.1) is 12.7 Å². The Bertz CT molecular complexity index is 1690. The smallest absolute Gasteiger partial charge is 0.181 e. The zero-order chi connectivity index (χ0) is 24.1. The summed E-state index contributed by atoms with van der Waals surface area (Å²) in [6.45, 7) is 1.89. The van der Waals surface area contributed by atoms with Crippen LogP contribution in [0.3, 0.4) is 0 Å². The summed E-state index contributed by atoms with van der Waals surface area (Å²) in [6.07, 6.45) is 7.19. The molecule has 0 amide bonds. The molecule has 35 heavy (non-hydrogen) atoms. The van der Waals surface area contributed by atoms with Gasteiger partial charge in [0.05, 0.1) is 23.3 Å². The maximum Gasteiger partial charge on any atom is 0.181 e. The number of aromatic amines is 2. The number of rotatable bonds is 4. The Morgan fingerprint density at radius 2 is 1.71 bits per heavy atom. The monoisotopic (exact) mass is 463 g/mol. The molecule has 172 valence electrons. The Hall–Kier alpha value is -4.59. The molecular formula is C27H22FN7. The van der Waals surface area contributed by atoms with Crippen LogP contribution in [0.5, 0.6) is 0 Å². The predicted molar refractivity (Wildman–Crippen MR) is 137 cm³/mol. The number of hydrogen-bond acceptors (Lipinski definition) is 5. The molecule has 2 N–H and O–H groups in total. The SMILES string of the molecule is Cc1cc(F)cc(-c2ccnc3[nH]c(-c4[nH]nc5ncc(-c6cncc(N(C)C)c6)cc45)cc23)c1. The van der Waals surface area contributed by atoms with Gasteiger partial charge in [0, 0.05) is 54.6 Å². The predicted octanol–water partition coefficient (Wildman–Crippen LogP) is 5.74. The lowest BCUT2D eigenvalue weighted by molar-refractivity contribution is 0.627. The molecule has 0 unspecified atom stereocenters. The second-order valence-electron chi connectivity index (χ2n) is 8.84. The minimum Gasteiger partial charge on any atom is -0.376 e. The average Bonchev–Trinajstić information content (AvgIpc) is 3.47. The van der Waals surface area contributed by atoms with Crippen molar-refractivity contribution in [2.45, 2.75) is 6.92 Å². The van der Waals surface area contributed by atoms with Crippen LogP contribution in [0.2, 0.25) is 0 Å². The summed E-state index contributed by atoms with van der Waals surface area (Å²) in [5, 5.41) is 9.31. The van der Waals surface area contributed by atoms with Crippen molar-refractivity contribution in [1.29, 1.82) is 0 Å². The number of H-pyrrole nitrogens is 2. The highest BCUT2D eigenvalue weighted by molar-refractivity contribution is 5.99. The first kappa shape index (κ1) is 21.0. The van der Waals surface area contributed by atoms with Crippen molar-refractivity contribution < 1.29 is 4.39 Å². The lowest BCUT2D eigenvalue weighted by Crippen LogP contribution is -2.08. The van der Waals surface area contributed by atoms with Gasteiger partial charge in [-0.05, 0) is 60.0 Å². The molecule has 0 saturated carbocycles. The van der Waals surface area contributed by atoms with E-state index in [-0.39, 0.29) is 5.82 Å². The minimum atomic E-state index is -0.258. The molecule has 0 saturated heterocycles. The van der Waals surface area contributed by atoms with Gasteiger partial charge in [-0.25, -0.2) is 14.4 Å². The van der Waals surface area contributed by atoms with E-state index in [0.29, 0.717) is 11.3 Å². The molecule has 0 bridgehead atoms. The van der Waals surface area contributed by atoms with Crippen molar-refractivity contribution in [2.24, 2.45) is 0 Å². The number of aryl methyl sites for hydroxylation is 1. The molecule has 0 atom stereocenters. The quantitative estimate of drug-likeness (QED) is 0.348. The standard InChI is InChI=1S/C27H22FN7/c1-15-6-16(8-19(28)7-15)21-4-5-30-26-22(21)11-24(32-26)25-23-10-18(13-31-27(23)34-33-25)17-9-20(35(2)3)14-29-12-17/h4-14H,1-3H3,(H,30,32)(H,31,33,34). The largest absolute Gasteiger partial charge is 0.376 e. The molecule has 0 radical (unpaired) electrons. The van der Waals surface area contributed by atoms with Crippen molar-refractivity contribution >= 4 is 27.8 Å². The highest BCUT2D eigenvalue weighted by Crippen LogP contribution is 2.34. The summed E-state index contributed by atoms with van der Waals surface area (Å²) in [5.41, 5.74) is 8.49. The molecule has 0 spiro atoms. The van der Waals surface area contributed by atoms with Crippen LogP contribution in [-0.2, 0) is 0 Å². The normalized spacial score (nSPS) is 11.4. The number of nitrogens with zero attached hydrogens (tertiary/aromatic N) is 5. The third-order valence-electron chi connectivity index (χ3n) is 6.14. The number of halogens is 1. The van der Waals surface area contributed by atoms with E-state index in [1.54, 1.807) is 18.5 Å². The Balaban J connectivity index is 1.48. The second-order valence-corrected chi connectivity index (χ2v) is 8.84. The number of anilines is 1. The van der Waals surface area contributed by atoms with Gasteiger partial charge in [0.2, 0.25) is 0 Å². The molecule has 0 aliphatic carbocycles. The molecule has 6 aromatic rings. The Morgan fingerprint density at radius 3 is 2.54 bits per heavy atom. The van der Waals surface area contributed by atoms with E-state index in [9.17, 15) is 4.39 Å². The van der Waals surface area contributed by atoms with Gasteiger partial charge in [0.15, 0.2) is 5.65 Å². The maximum atomic E-state index is 14.1. The van der Waals surface area contributed by atoms with Crippen molar-refractivity contribution in [3.8, 4) is 33.6 Å². The van der Waals surface area contributed by atoms with Crippen molar-refractivity contribution in [3.63, 3.8) is 0 Å². The van der Waals surface area contributed by atoms with E-state index < -0.39 is 0 Å². The molecule has 0 aliphatic rings. The Morgan fingerprint density at radius 1 is 0.857 bits per heavy atom. The van der Waals surface area contributed by atoms with Gasteiger partial charge in [0.25, 0.3) is 0 Å². The van der Waals surface area contributed by atoms with E-state index in [2.05, 4.69) is 42.3 Å². The topological polar surface area (TPSA) is 86.4 Å². The zero-order valence-corrected chi connectivity index (χ0v) is 19.5. The van der Waals surface area contributed by atoms with Crippen molar-refractivity contribution in [3.05, 3.63) is 78.6 Å². The first-order chi connectivity index (χ1) is 17.0. The third-order valence-corrected chi connectivity index (χ3v) is 6.14. The van der Waals surface area contributed by atoms with Crippen LogP contribution in [0.4, 0.5) is 10.1 Å². The number of pyridine rings is 3. The number of hydrogen-bond donors (Lipinski definition) is 2. The van der Waals surface area contributed by atoms with Crippen molar-refractivity contribution in [2.75, 3.05) is 19.0 Å². The highest BCUT2D eigenvalue weighted by atomic mass is 19.1. The summed E-state index contributed by atoms with van der Waals surface area (Å²) in [5.74, 6) is -0.258. The molecule has 0 fully saturated rings. The molecule has 8 heteroatoms. The van der Waals surface area contributed by atoms with Gasteiger partial charge in [-0.1, -0.05) is 6.07 Å². The maximum absolute atomic E-state index is 14.1. The number of aromatic nitrogens is 6. The molecule has 7 nitrogen and oxygen atoms in total. The van der Waals surface area contributed by atoms with Gasteiger partial charge in [-0.3, -0.25) is 10.1 Å².